The van der Waals surface area contributed by atoms with E-state index in [2.05, 4.69) is 0 Å². The van der Waals surface area contributed by atoms with E-state index in [0.717, 1.165) is 16.4 Å². The molecular formula is C9H10F2N2O2S. The minimum absolute atomic E-state index is 0.0697. The van der Waals surface area contributed by atoms with E-state index >= 15 is 0 Å². The van der Waals surface area contributed by atoms with Gasteiger partial charge in [0.2, 0.25) is 0 Å². The first-order valence-corrected chi connectivity index (χ1v) is 6.13. The van der Waals surface area contributed by atoms with Gasteiger partial charge in [0, 0.05) is 18.7 Å². The number of halogens is 2. The molecule has 0 atom stereocenters. The van der Waals surface area contributed by atoms with E-state index in [4.69, 9.17) is 5.14 Å². The summed E-state index contributed by atoms with van der Waals surface area (Å²) < 4.78 is 49.8. The van der Waals surface area contributed by atoms with Gasteiger partial charge in [-0.05, 0) is 24.1 Å². The average Bonchev–Trinajstić information content (AvgIpc) is 2.22. The predicted octanol–water partition coefficient (Wildman–Crippen LogP) is 0.526. The van der Waals surface area contributed by atoms with Crippen molar-refractivity contribution < 1.29 is 17.2 Å². The van der Waals surface area contributed by atoms with Crippen molar-refractivity contribution in [3.8, 4) is 0 Å². The summed E-state index contributed by atoms with van der Waals surface area (Å²) in [7, 11) is -3.85. The van der Waals surface area contributed by atoms with Gasteiger partial charge >= 0.3 is 0 Å². The van der Waals surface area contributed by atoms with E-state index in [0.29, 0.717) is 0 Å². The summed E-state index contributed by atoms with van der Waals surface area (Å²) in [6, 6.07) is 2.03. The van der Waals surface area contributed by atoms with E-state index in [1.807, 2.05) is 0 Å². The second-order valence-electron chi connectivity index (χ2n) is 3.61. The molecule has 0 unspecified atom stereocenters. The molecule has 0 amide bonds. The lowest BCUT2D eigenvalue weighted by molar-refractivity contribution is 0.375. The summed E-state index contributed by atoms with van der Waals surface area (Å²) in [5.74, 6) is -1.12. The Balaban J connectivity index is 2.45. The van der Waals surface area contributed by atoms with Gasteiger partial charge in [0.15, 0.2) is 0 Å². The highest BCUT2D eigenvalue weighted by Crippen LogP contribution is 2.25. The maximum absolute atomic E-state index is 13.4. The average molecular weight is 248 g/mol. The molecule has 2 N–H and O–H groups in total. The van der Waals surface area contributed by atoms with Gasteiger partial charge in [-0.25, -0.2) is 13.9 Å². The number of fused-ring (bicyclic) bond motifs is 1. The molecule has 0 aromatic heterocycles. The summed E-state index contributed by atoms with van der Waals surface area (Å²) in [4.78, 5) is 0. The molecule has 2 rings (SSSR count). The number of nitrogens with two attached hydrogens (primary N) is 1. The molecule has 0 aliphatic carbocycles. The highest BCUT2D eigenvalue weighted by Gasteiger charge is 2.27. The Morgan fingerprint density at radius 3 is 2.31 bits per heavy atom. The fourth-order valence-corrected chi connectivity index (χ4v) is 2.44. The molecular weight excluding hydrogens is 238 g/mol. The Morgan fingerprint density at radius 2 is 1.75 bits per heavy atom. The molecule has 16 heavy (non-hydrogen) atoms. The van der Waals surface area contributed by atoms with Gasteiger partial charge in [0.05, 0.1) is 0 Å². The zero-order valence-electron chi connectivity index (χ0n) is 8.28. The zero-order chi connectivity index (χ0) is 11.9. The number of rotatable bonds is 1. The highest BCUT2D eigenvalue weighted by atomic mass is 32.2. The van der Waals surface area contributed by atoms with Gasteiger partial charge in [0.25, 0.3) is 10.2 Å². The summed E-state index contributed by atoms with van der Waals surface area (Å²) in [5.41, 5.74) is 0.306. The molecule has 0 saturated heterocycles. The van der Waals surface area contributed by atoms with Crippen LogP contribution in [0.3, 0.4) is 0 Å². The van der Waals surface area contributed by atoms with E-state index in [-0.39, 0.29) is 30.6 Å². The first-order valence-electron chi connectivity index (χ1n) is 4.63. The first kappa shape index (κ1) is 11.4. The quantitative estimate of drug-likeness (QED) is 0.787. The third-order valence-corrected chi connectivity index (χ3v) is 3.65. The summed E-state index contributed by atoms with van der Waals surface area (Å²) >= 11 is 0. The molecule has 1 aromatic rings. The van der Waals surface area contributed by atoms with Crippen molar-refractivity contribution in [2.75, 3.05) is 6.54 Å². The molecule has 0 bridgehead atoms. The summed E-state index contributed by atoms with van der Waals surface area (Å²) in [5, 5.41) is 4.94. The van der Waals surface area contributed by atoms with Crippen LogP contribution in [0.25, 0.3) is 0 Å². The minimum atomic E-state index is -3.85. The van der Waals surface area contributed by atoms with Crippen LogP contribution in [-0.2, 0) is 23.2 Å². The van der Waals surface area contributed by atoms with Crippen molar-refractivity contribution in [1.29, 1.82) is 0 Å². The monoisotopic (exact) mass is 248 g/mol. The molecule has 0 radical (unpaired) electrons. The molecule has 7 heteroatoms. The van der Waals surface area contributed by atoms with E-state index < -0.39 is 21.8 Å². The van der Waals surface area contributed by atoms with Crippen molar-refractivity contribution >= 4 is 10.2 Å². The van der Waals surface area contributed by atoms with Crippen molar-refractivity contribution in [3.63, 3.8) is 0 Å². The lowest BCUT2D eigenvalue weighted by Crippen LogP contribution is -2.40. The normalized spacial score (nSPS) is 17.2. The Kier molecular flexibility index (Phi) is 2.69. The molecule has 1 aromatic carbocycles. The number of benzene rings is 1. The highest BCUT2D eigenvalue weighted by molar-refractivity contribution is 7.86. The summed E-state index contributed by atoms with van der Waals surface area (Å²) in [6.07, 6.45) is 0.134. The second kappa shape index (κ2) is 3.76. The third kappa shape index (κ3) is 1.93. The number of hydrogen-bond acceptors (Lipinski definition) is 2. The Hall–Kier alpha value is -1.05. The van der Waals surface area contributed by atoms with Crippen LogP contribution in [0.5, 0.6) is 0 Å². The molecule has 1 aliphatic rings. The van der Waals surface area contributed by atoms with Crippen LogP contribution in [0, 0.1) is 11.6 Å². The lowest BCUT2D eigenvalue weighted by Gasteiger charge is -2.26. The minimum Gasteiger partial charge on any atom is -0.216 e. The maximum Gasteiger partial charge on any atom is 0.277 e. The van der Waals surface area contributed by atoms with Crippen molar-refractivity contribution in [2.45, 2.75) is 13.0 Å². The van der Waals surface area contributed by atoms with Crippen molar-refractivity contribution in [2.24, 2.45) is 5.14 Å². The Morgan fingerprint density at radius 1 is 1.19 bits per heavy atom. The number of nitrogens with zero attached hydrogens (tertiary/aromatic N) is 1. The van der Waals surface area contributed by atoms with Crippen LogP contribution in [0.1, 0.15) is 11.1 Å². The fraction of sp³-hybridized carbons (Fsp3) is 0.333. The maximum atomic E-state index is 13.4. The third-order valence-electron chi connectivity index (χ3n) is 2.62. The van der Waals surface area contributed by atoms with Gasteiger partial charge in [-0.15, -0.1) is 0 Å². The van der Waals surface area contributed by atoms with Crippen LogP contribution in [0.2, 0.25) is 0 Å². The van der Waals surface area contributed by atoms with Gasteiger partial charge < -0.3 is 0 Å². The summed E-state index contributed by atoms with van der Waals surface area (Å²) in [6.45, 7) is -0.135. The molecule has 1 aliphatic heterocycles. The van der Waals surface area contributed by atoms with Gasteiger partial charge in [-0.1, -0.05) is 0 Å². The smallest absolute Gasteiger partial charge is 0.216 e. The SMILES string of the molecule is NS(=O)(=O)N1CCc2c(F)ccc(F)c2C1. The Labute approximate surface area is 91.8 Å². The van der Waals surface area contributed by atoms with Crippen LogP contribution < -0.4 is 5.14 Å². The van der Waals surface area contributed by atoms with E-state index in [9.17, 15) is 17.2 Å². The van der Waals surface area contributed by atoms with Gasteiger partial charge in [-0.2, -0.15) is 12.7 Å². The van der Waals surface area contributed by atoms with Gasteiger partial charge in [-0.3, -0.25) is 0 Å². The second-order valence-corrected chi connectivity index (χ2v) is 5.16. The molecule has 0 spiro atoms. The van der Waals surface area contributed by atoms with E-state index in [1.165, 1.54) is 0 Å². The zero-order valence-corrected chi connectivity index (χ0v) is 9.10. The van der Waals surface area contributed by atoms with Crippen molar-refractivity contribution in [3.05, 3.63) is 34.9 Å². The molecule has 0 fully saturated rings. The lowest BCUT2D eigenvalue weighted by atomic mass is 10.00. The first-order chi connectivity index (χ1) is 7.39. The predicted molar refractivity (Wildman–Crippen MR) is 53.6 cm³/mol. The van der Waals surface area contributed by atoms with Crippen LogP contribution in [0.4, 0.5) is 8.78 Å². The largest absolute Gasteiger partial charge is 0.277 e. The molecule has 4 nitrogen and oxygen atoms in total. The van der Waals surface area contributed by atoms with Crippen LogP contribution in [0.15, 0.2) is 12.1 Å². The number of hydrogen-bond donors (Lipinski definition) is 1. The van der Waals surface area contributed by atoms with Crippen LogP contribution >= 0.6 is 0 Å². The topological polar surface area (TPSA) is 63.4 Å². The van der Waals surface area contributed by atoms with Gasteiger partial charge in [0.1, 0.15) is 11.6 Å². The fourth-order valence-electron chi connectivity index (χ4n) is 1.79. The van der Waals surface area contributed by atoms with E-state index in [1.54, 1.807) is 0 Å². The van der Waals surface area contributed by atoms with Crippen LogP contribution in [-0.4, -0.2) is 19.3 Å². The molecule has 1 heterocycles. The molecule has 88 valence electrons. The molecule has 0 saturated carbocycles. The Bertz CT molecular complexity index is 531. The van der Waals surface area contributed by atoms with Crippen molar-refractivity contribution in [1.82, 2.24) is 4.31 Å². The standard InChI is InChI=1S/C9H10F2N2O2S/c10-8-1-2-9(11)7-5-13(16(12,14)15)4-3-6(7)8/h1-2H,3-5H2,(H2,12,14,15).